The molecule has 0 radical (unpaired) electrons. The molecular formula is C13H21F2NO. The van der Waals surface area contributed by atoms with Gasteiger partial charge in [0.05, 0.1) is 0 Å². The third-order valence-electron chi connectivity index (χ3n) is 3.96. The second-order valence-electron chi connectivity index (χ2n) is 5.49. The number of halogens is 2. The third-order valence-corrected chi connectivity index (χ3v) is 3.96. The van der Waals surface area contributed by atoms with Crippen molar-refractivity contribution in [2.75, 3.05) is 0 Å². The molecule has 2 saturated carbocycles. The first kappa shape index (κ1) is 12.8. The molecule has 2 aliphatic rings. The maximum atomic E-state index is 13.2. The molecule has 0 aromatic heterocycles. The highest BCUT2D eigenvalue weighted by Gasteiger charge is 2.39. The van der Waals surface area contributed by atoms with Crippen molar-refractivity contribution in [2.45, 2.75) is 69.8 Å². The first-order chi connectivity index (χ1) is 8.07. The molecule has 4 heteroatoms. The van der Waals surface area contributed by atoms with Crippen LogP contribution in [0.1, 0.15) is 57.8 Å². The van der Waals surface area contributed by atoms with Gasteiger partial charge < -0.3 is 5.32 Å². The average Bonchev–Trinajstić information content (AvgIpc) is 2.29. The van der Waals surface area contributed by atoms with Crippen LogP contribution >= 0.6 is 0 Å². The summed E-state index contributed by atoms with van der Waals surface area (Å²) in [6.07, 6.45) is 6.31. The first-order valence-electron chi connectivity index (χ1n) is 6.75. The Balaban J connectivity index is 1.82. The summed E-state index contributed by atoms with van der Waals surface area (Å²) in [5.41, 5.74) is 0. The van der Waals surface area contributed by atoms with E-state index in [-0.39, 0.29) is 24.8 Å². The van der Waals surface area contributed by atoms with Crippen LogP contribution in [0, 0.1) is 5.92 Å². The van der Waals surface area contributed by atoms with Gasteiger partial charge in [-0.15, -0.1) is 0 Å². The topological polar surface area (TPSA) is 29.1 Å². The second-order valence-corrected chi connectivity index (χ2v) is 5.49. The van der Waals surface area contributed by atoms with Crippen LogP contribution in [0.3, 0.4) is 0 Å². The van der Waals surface area contributed by atoms with Crippen molar-refractivity contribution in [1.82, 2.24) is 5.32 Å². The van der Waals surface area contributed by atoms with Crippen molar-refractivity contribution in [3.63, 3.8) is 0 Å². The molecule has 1 unspecified atom stereocenters. The highest BCUT2D eigenvalue weighted by atomic mass is 19.3. The summed E-state index contributed by atoms with van der Waals surface area (Å²) in [5, 5.41) is 2.95. The molecule has 2 aliphatic carbocycles. The Labute approximate surface area is 101 Å². The number of carbonyl (C=O) groups excluding carboxylic acids is 1. The van der Waals surface area contributed by atoms with E-state index >= 15 is 0 Å². The van der Waals surface area contributed by atoms with Gasteiger partial charge in [0.15, 0.2) is 0 Å². The Morgan fingerprint density at radius 3 is 2.41 bits per heavy atom. The molecule has 1 amide bonds. The van der Waals surface area contributed by atoms with Gasteiger partial charge in [-0.25, -0.2) is 8.78 Å². The van der Waals surface area contributed by atoms with Crippen LogP contribution in [-0.4, -0.2) is 17.9 Å². The lowest BCUT2D eigenvalue weighted by molar-refractivity contribution is -0.133. The third kappa shape index (κ3) is 3.65. The molecule has 17 heavy (non-hydrogen) atoms. The fourth-order valence-electron chi connectivity index (χ4n) is 2.96. The van der Waals surface area contributed by atoms with E-state index in [0.717, 1.165) is 25.7 Å². The predicted octanol–water partition coefficient (Wildman–Crippen LogP) is 3.26. The van der Waals surface area contributed by atoms with Crippen LogP contribution in [0.15, 0.2) is 0 Å². The number of rotatable bonds is 2. The molecule has 0 aromatic rings. The van der Waals surface area contributed by atoms with Gasteiger partial charge in [0.25, 0.3) is 0 Å². The smallest absolute Gasteiger partial charge is 0.248 e. The summed E-state index contributed by atoms with van der Waals surface area (Å²) in [4.78, 5) is 11.9. The molecular weight excluding hydrogens is 224 g/mol. The van der Waals surface area contributed by atoms with Crippen molar-refractivity contribution in [2.24, 2.45) is 5.92 Å². The molecule has 2 rings (SSSR count). The zero-order valence-corrected chi connectivity index (χ0v) is 10.2. The van der Waals surface area contributed by atoms with Gasteiger partial charge in [-0.2, -0.15) is 0 Å². The van der Waals surface area contributed by atoms with Crippen LogP contribution < -0.4 is 5.32 Å². The minimum atomic E-state index is -2.63. The van der Waals surface area contributed by atoms with Gasteiger partial charge in [0.1, 0.15) is 0 Å². The summed E-state index contributed by atoms with van der Waals surface area (Å²) in [7, 11) is 0. The quantitative estimate of drug-likeness (QED) is 0.795. The van der Waals surface area contributed by atoms with Crippen LogP contribution in [0.2, 0.25) is 0 Å². The van der Waals surface area contributed by atoms with Crippen molar-refractivity contribution < 1.29 is 13.6 Å². The van der Waals surface area contributed by atoms with Crippen molar-refractivity contribution >= 4 is 5.91 Å². The number of carbonyl (C=O) groups is 1. The molecule has 98 valence electrons. The molecule has 2 nitrogen and oxygen atoms in total. The van der Waals surface area contributed by atoms with E-state index in [1.807, 2.05) is 0 Å². The maximum Gasteiger partial charge on any atom is 0.248 e. The van der Waals surface area contributed by atoms with Crippen molar-refractivity contribution in [3.05, 3.63) is 0 Å². The van der Waals surface area contributed by atoms with Crippen LogP contribution in [0.5, 0.6) is 0 Å². The summed E-state index contributed by atoms with van der Waals surface area (Å²) >= 11 is 0. The fraction of sp³-hybridized carbons (Fsp3) is 0.923. The normalized spacial score (nSPS) is 29.9. The number of hydrogen-bond donors (Lipinski definition) is 1. The van der Waals surface area contributed by atoms with Crippen molar-refractivity contribution in [3.8, 4) is 0 Å². The average molecular weight is 245 g/mol. The fourth-order valence-corrected chi connectivity index (χ4v) is 2.96. The Hall–Kier alpha value is -0.670. The van der Waals surface area contributed by atoms with Gasteiger partial charge >= 0.3 is 0 Å². The van der Waals surface area contributed by atoms with E-state index in [4.69, 9.17) is 0 Å². The molecule has 0 spiro atoms. The minimum absolute atomic E-state index is 0.0553. The Morgan fingerprint density at radius 1 is 1.06 bits per heavy atom. The van der Waals surface area contributed by atoms with Gasteiger partial charge in [0, 0.05) is 24.8 Å². The summed E-state index contributed by atoms with van der Waals surface area (Å²) in [6, 6.07) is 0.229. The molecule has 0 heterocycles. The lowest BCUT2D eigenvalue weighted by Crippen LogP contribution is -2.42. The van der Waals surface area contributed by atoms with E-state index in [2.05, 4.69) is 5.32 Å². The second kappa shape index (κ2) is 5.32. The van der Waals surface area contributed by atoms with E-state index in [1.165, 1.54) is 6.42 Å². The summed E-state index contributed by atoms with van der Waals surface area (Å²) in [5.74, 6) is -3.25. The Morgan fingerprint density at radius 2 is 1.76 bits per heavy atom. The molecule has 0 saturated heterocycles. The molecule has 0 aliphatic heterocycles. The molecule has 1 N–H and O–H groups in total. The van der Waals surface area contributed by atoms with E-state index in [0.29, 0.717) is 12.8 Å². The summed E-state index contributed by atoms with van der Waals surface area (Å²) < 4.78 is 26.4. The van der Waals surface area contributed by atoms with Crippen LogP contribution in [0.4, 0.5) is 8.78 Å². The first-order valence-corrected chi connectivity index (χ1v) is 6.75. The number of alkyl halides is 2. The highest BCUT2D eigenvalue weighted by molar-refractivity contribution is 5.79. The van der Waals surface area contributed by atoms with E-state index in [1.54, 1.807) is 0 Å². The standard InChI is InChI=1S/C13H21F2NO/c14-13(15)8-4-5-10(9-13)12(17)16-11-6-2-1-3-7-11/h10-11H,1-9H2,(H,16,17). The number of nitrogens with one attached hydrogen (secondary N) is 1. The van der Waals surface area contributed by atoms with Crippen LogP contribution in [-0.2, 0) is 4.79 Å². The molecule has 2 fully saturated rings. The SMILES string of the molecule is O=C(NC1CCCCC1)C1CCCC(F)(F)C1. The largest absolute Gasteiger partial charge is 0.353 e. The van der Waals surface area contributed by atoms with E-state index < -0.39 is 11.8 Å². The Bertz CT molecular complexity index is 275. The molecule has 0 aromatic carbocycles. The highest BCUT2D eigenvalue weighted by Crippen LogP contribution is 2.36. The van der Waals surface area contributed by atoms with Crippen LogP contribution in [0.25, 0.3) is 0 Å². The molecule has 0 bridgehead atoms. The number of hydrogen-bond acceptors (Lipinski definition) is 1. The number of amides is 1. The minimum Gasteiger partial charge on any atom is -0.353 e. The van der Waals surface area contributed by atoms with Gasteiger partial charge in [0.2, 0.25) is 11.8 Å². The lowest BCUT2D eigenvalue weighted by Gasteiger charge is -2.30. The Kier molecular flexibility index (Phi) is 4.00. The molecule has 1 atom stereocenters. The zero-order chi connectivity index (χ0) is 12.3. The summed E-state index contributed by atoms with van der Waals surface area (Å²) in [6.45, 7) is 0. The zero-order valence-electron chi connectivity index (χ0n) is 10.2. The van der Waals surface area contributed by atoms with Gasteiger partial charge in [-0.05, 0) is 25.7 Å². The van der Waals surface area contributed by atoms with E-state index in [9.17, 15) is 13.6 Å². The van der Waals surface area contributed by atoms with Gasteiger partial charge in [-0.1, -0.05) is 19.3 Å². The monoisotopic (exact) mass is 245 g/mol. The maximum absolute atomic E-state index is 13.2. The predicted molar refractivity (Wildman–Crippen MR) is 61.9 cm³/mol. The lowest BCUT2D eigenvalue weighted by atomic mass is 9.85. The van der Waals surface area contributed by atoms with Crippen molar-refractivity contribution in [1.29, 1.82) is 0 Å². The van der Waals surface area contributed by atoms with Gasteiger partial charge in [-0.3, -0.25) is 4.79 Å².